The normalized spacial score (nSPS) is 37.6. The number of allylic oxidation sites excluding steroid dienone is 2. The maximum Gasteiger partial charge on any atom is 0.254 e. The zero-order valence-corrected chi connectivity index (χ0v) is 13.7. The second-order valence-electron chi connectivity index (χ2n) is 7.32. The van der Waals surface area contributed by atoms with E-state index in [-0.39, 0.29) is 41.2 Å². The van der Waals surface area contributed by atoms with Crippen molar-refractivity contribution in [3.8, 4) is 11.5 Å². The van der Waals surface area contributed by atoms with Crippen molar-refractivity contribution < 1.29 is 19.4 Å². The standard InChI is InChI=1S/C19H18N2O4/c1-25-15-6-9(2-5-14(15)22)8-20-21-18(23)16-10-3-4-11(13-7-12(10)13)17(16)19(21)24/h2-6,8,10-13,16-17,22H,7H2,1H3/b20-8+. The van der Waals surface area contributed by atoms with Gasteiger partial charge < -0.3 is 9.84 Å². The zero-order chi connectivity index (χ0) is 17.3. The molecule has 5 aliphatic rings. The van der Waals surface area contributed by atoms with Gasteiger partial charge >= 0.3 is 0 Å². The van der Waals surface area contributed by atoms with Gasteiger partial charge in [0.2, 0.25) is 0 Å². The molecule has 6 unspecified atom stereocenters. The predicted molar refractivity (Wildman–Crippen MR) is 88.8 cm³/mol. The minimum atomic E-state index is -0.238. The highest BCUT2D eigenvalue weighted by atomic mass is 16.5. The first-order valence-electron chi connectivity index (χ1n) is 8.57. The smallest absolute Gasteiger partial charge is 0.254 e. The van der Waals surface area contributed by atoms with E-state index in [4.69, 9.17) is 4.74 Å². The van der Waals surface area contributed by atoms with Gasteiger partial charge in [0.1, 0.15) is 0 Å². The number of carbonyl (C=O) groups is 2. The number of hydrazone groups is 1. The van der Waals surface area contributed by atoms with Crippen LogP contribution in [0.1, 0.15) is 12.0 Å². The van der Waals surface area contributed by atoms with E-state index >= 15 is 0 Å². The minimum Gasteiger partial charge on any atom is -0.504 e. The Morgan fingerprint density at radius 2 is 1.80 bits per heavy atom. The van der Waals surface area contributed by atoms with Crippen molar-refractivity contribution in [2.75, 3.05) is 7.11 Å². The van der Waals surface area contributed by atoms with Gasteiger partial charge in [-0.15, -0.1) is 0 Å². The summed E-state index contributed by atoms with van der Waals surface area (Å²) in [5, 5.41) is 14.9. The maximum atomic E-state index is 12.8. The molecule has 4 aliphatic carbocycles. The van der Waals surface area contributed by atoms with Crippen LogP contribution in [-0.2, 0) is 9.59 Å². The average molecular weight is 338 g/mol. The highest BCUT2D eigenvalue weighted by molar-refractivity contribution is 6.06. The lowest BCUT2D eigenvalue weighted by atomic mass is 9.63. The number of amides is 2. The number of hydrogen-bond acceptors (Lipinski definition) is 5. The molecule has 6 rings (SSSR count). The van der Waals surface area contributed by atoms with Crippen LogP contribution in [0.5, 0.6) is 11.5 Å². The number of phenolic OH excluding ortho intramolecular Hbond substituents is 1. The minimum absolute atomic E-state index is 0.0286. The molecule has 0 spiro atoms. The van der Waals surface area contributed by atoms with Crippen LogP contribution in [0.4, 0.5) is 0 Å². The lowest BCUT2D eigenvalue weighted by molar-refractivity contribution is -0.140. The van der Waals surface area contributed by atoms with Crippen LogP contribution < -0.4 is 4.74 Å². The summed E-state index contributed by atoms with van der Waals surface area (Å²) in [5.74, 6) is 1.08. The fourth-order valence-corrected chi connectivity index (χ4v) is 4.95. The zero-order valence-electron chi connectivity index (χ0n) is 13.7. The average Bonchev–Trinajstić information content (AvgIpc) is 3.40. The number of methoxy groups -OCH3 is 1. The molecule has 6 nitrogen and oxygen atoms in total. The summed E-state index contributed by atoms with van der Waals surface area (Å²) >= 11 is 0. The van der Waals surface area contributed by atoms with Crippen LogP contribution >= 0.6 is 0 Å². The van der Waals surface area contributed by atoms with Crippen molar-refractivity contribution >= 4 is 18.0 Å². The van der Waals surface area contributed by atoms with Gasteiger partial charge in [0.15, 0.2) is 11.5 Å². The molecule has 1 aromatic carbocycles. The number of carbonyl (C=O) groups excluding carboxylic acids is 2. The van der Waals surface area contributed by atoms with Gasteiger partial charge in [0.25, 0.3) is 11.8 Å². The Labute approximate surface area is 144 Å². The topological polar surface area (TPSA) is 79.2 Å². The van der Waals surface area contributed by atoms with Gasteiger partial charge in [0.05, 0.1) is 25.2 Å². The molecule has 25 heavy (non-hydrogen) atoms. The third kappa shape index (κ3) is 1.94. The van der Waals surface area contributed by atoms with E-state index < -0.39 is 0 Å². The predicted octanol–water partition coefficient (Wildman–Crippen LogP) is 1.79. The summed E-state index contributed by atoms with van der Waals surface area (Å²) in [5.41, 5.74) is 0.647. The number of imide groups is 1. The molecular formula is C19H18N2O4. The van der Waals surface area contributed by atoms with Crippen molar-refractivity contribution in [1.29, 1.82) is 0 Å². The van der Waals surface area contributed by atoms with Gasteiger partial charge in [0, 0.05) is 0 Å². The Hall–Kier alpha value is -2.63. The second-order valence-corrected chi connectivity index (χ2v) is 7.32. The van der Waals surface area contributed by atoms with Crippen LogP contribution in [-0.4, -0.2) is 35.3 Å². The molecule has 1 heterocycles. The van der Waals surface area contributed by atoms with Crippen molar-refractivity contribution in [2.24, 2.45) is 40.6 Å². The van der Waals surface area contributed by atoms with Crippen molar-refractivity contribution in [3.05, 3.63) is 35.9 Å². The molecule has 2 bridgehead atoms. The first-order chi connectivity index (χ1) is 12.1. The molecule has 6 heteroatoms. The lowest BCUT2D eigenvalue weighted by Crippen LogP contribution is -2.40. The summed E-state index contributed by atoms with van der Waals surface area (Å²) < 4.78 is 5.06. The summed E-state index contributed by atoms with van der Waals surface area (Å²) in [4.78, 5) is 25.6. The van der Waals surface area contributed by atoms with Crippen molar-refractivity contribution in [3.63, 3.8) is 0 Å². The molecule has 0 aromatic heterocycles. The molecule has 2 amide bonds. The summed E-state index contributed by atoms with van der Waals surface area (Å²) in [6.07, 6.45) is 6.89. The first-order valence-corrected chi connectivity index (χ1v) is 8.57. The van der Waals surface area contributed by atoms with E-state index in [1.807, 2.05) is 0 Å². The number of nitrogens with zero attached hydrogens (tertiary/aromatic N) is 2. The number of phenols is 1. The van der Waals surface area contributed by atoms with Crippen molar-refractivity contribution in [1.82, 2.24) is 5.01 Å². The Morgan fingerprint density at radius 3 is 2.40 bits per heavy atom. The highest BCUT2D eigenvalue weighted by Crippen LogP contribution is 2.65. The summed E-state index contributed by atoms with van der Waals surface area (Å²) in [6, 6.07) is 4.75. The molecule has 3 fully saturated rings. The van der Waals surface area contributed by atoms with E-state index in [2.05, 4.69) is 17.3 Å². The lowest BCUT2D eigenvalue weighted by Gasteiger charge is -2.37. The highest BCUT2D eigenvalue weighted by Gasteiger charge is 2.67. The molecule has 6 atom stereocenters. The maximum absolute atomic E-state index is 12.8. The van der Waals surface area contributed by atoms with Gasteiger partial charge in [-0.3, -0.25) is 9.59 Å². The number of rotatable bonds is 3. The molecule has 2 saturated carbocycles. The monoisotopic (exact) mass is 338 g/mol. The Bertz CT molecular complexity index is 810. The van der Waals surface area contributed by atoms with E-state index in [1.54, 1.807) is 12.1 Å². The quantitative estimate of drug-likeness (QED) is 0.518. The Kier molecular flexibility index (Phi) is 2.90. The van der Waals surface area contributed by atoms with E-state index in [0.717, 1.165) is 11.4 Å². The van der Waals surface area contributed by atoms with E-state index in [0.29, 0.717) is 23.1 Å². The fourth-order valence-electron chi connectivity index (χ4n) is 4.95. The second kappa shape index (κ2) is 4.94. The fraction of sp³-hybridized carbons (Fsp3) is 0.421. The largest absolute Gasteiger partial charge is 0.504 e. The third-order valence-corrected chi connectivity index (χ3v) is 6.17. The van der Waals surface area contributed by atoms with Crippen LogP contribution in [0.3, 0.4) is 0 Å². The molecule has 1 aliphatic heterocycles. The van der Waals surface area contributed by atoms with Crippen LogP contribution in [0.25, 0.3) is 0 Å². The third-order valence-electron chi connectivity index (χ3n) is 6.17. The van der Waals surface area contributed by atoms with Gasteiger partial charge in [-0.25, -0.2) is 0 Å². The molecule has 128 valence electrons. The molecule has 0 radical (unpaired) electrons. The molecule has 1 aromatic rings. The van der Waals surface area contributed by atoms with Crippen LogP contribution in [0, 0.1) is 35.5 Å². The van der Waals surface area contributed by atoms with Gasteiger partial charge in [-0.1, -0.05) is 12.2 Å². The van der Waals surface area contributed by atoms with Gasteiger partial charge in [-0.2, -0.15) is 10.1 Å². The summed E-state index contributed by atoms with van der Waals surface area (Å²) in [7, 11) is 1.46. The number of ether oxygens (including phenoxy) is 1. The molecule has 1 saturated heterocycles. The van der Waals surface area contributed by atoms with Crippen LogP contribution in [0.15, 0.2) is 35.5 Å². The van der Waals surface area contributed by atoms with E-state index in [1.165, 1.54) is 19.4 Å². The number of aromatic hydroxyl groups is 1. The van der Waals surface area contributed by atoms with Crippen molar-refractivity contribution in [2.45, 2.75) is 6.42 Å². The Morgan fingerprint density at radius 1 is 1.16 bits per heavy atom. The molecule has 1 N–H and O–H groups in total. The Balaban J connectivity index is 1.42. The van der Waals surface area contributed by atoms with E-state index in [9.17, 15) is 14.7 Å². The van der Waals surface area contributed by atoms with Gasteiger partial charge in [-0.05, 0) is 53.9 Å². The first kappa shape index (κ1) is 14.7. The molecular weight excluding hydrogens is 320 g/mol. The number of hydrogen-bond donors (Lipinski definition) is 1. The van der Waals surface area contributed by atoms with Crippen LogP contribution in [0.2, 0.25) is 0 Å². The SMILES string of the molecule is COc1cc(/C=N/N2C(=O)C3C4C=CC(C5CC45)C3C2=O)ccc1O. The number of benzene rings is 1. The summed E-state index contributed by atoms with van der Waals surface area (Å²) in [6.45, 7) is 0.